The Hall–Kier alpha value is -1.77. The van der Waals surface area contributed by atoms with Crippen molar-refractivity contribution in [3.05, 3.63) is 29.0 Å². The lowest BCUT2D eigenvalue weighted by atomic mass is 10.4. The smallest absolute Gasteiger partial charge is 0.277 e. The Balaban J connectivity index is 1.58. The number of anilines is 1. The van der Waals surface area contributed by atoms with Gasteiger partial charge in [-0.2, -0.15) is 5.10 Å². The third kappa shape index (κ3) is 4.15. The first-order valence-corrected chi connectivity index (χ1v) is 8.61. The molecule has 3 heterocycles. The van der Waals surface area contributed by atoms with Gasteiger partial charge in [0.25, 0.3) is 5.91 Å². The van der Waals surface area contributed by atoms with Gasteiger partial charge in [0.15, 0.2) is 10.8 Å². The van der Waals surface area contributed by atoms with Crippen LogP contribution in [0.25, 0.3) is 0 Å². The first-order valence-electron chi connectivity index (χ1n) is 7.73. The summed E-state index contributed by atoms with van der Waals surface area (Å²) >= 11 is 1.44. The van der Waals surface area contributed by atoms with Crippen molar-refractivity contribution in [2.75, 3.05) is 31.6 Å². The zero-order chi connectivity index (χ0) is 16.2. The fourth-order valence-electron chi connectivity index (χ4n) is 2.33. The van der Waals surface area contributed by atoms with E-state index in [2.05, 4.69) is 20.3 Å². The SMILES string of the molecule is CC(C)n1ccc(C(=O)Nc2nc(CN3CCOCC3)cs2)n1. The van der Waals surface area contributed by atoms with Gasteiger partial charge in [0.05, 0.1) is 18.9 Å². The number of hydrogen-bond donors (Lipinski definition) is 1. The second-order valence-electron chi connectivity index (χ2n) is 5.76. The number of ether oxygens (including phenoxy) is 1. The fourth-order valence-corrected chi connectivity index (χ4v) is 3.03. The minimum Gasteiger partial charge on any atom is -0.379 e. The lowest BCUT2D eigenvalue weighted by Crippen LogP contribution is -2.35. The van der Waals surface area contributed by atoms with Crippen molar-refractivity contribution in [3.63, 3.8) is 0 Å². The molecule has 2 aromatic heterocycles. The number of rotatable bonds is 5. The number of hydrogen-bond acceptors (Lipinski definition) is 6. The summed E-state index contributed by atoms with van der Waals surface area (Å²) in [6, 6.07) is 1.95. The molecule has 1 saturated heterocycles. The van der Waals surface area contributed by atoms with Gasteiger partial charge in [0.2, 0.25) is 0 Å². The molecule has 1 N–H and O–H groups in total. The number of nitrogens with zero attached hydrogens (tertiary/aromatic N) is 4. The summed E-state index contributed by atoms with van der Waals surface area (Å²) in [5.41, 5.74) is 1.38. The molecule has 0 spiro atoms. The molecular weight excluding hydrogens is 314 g/mol. The van der Waals surface area contributed by atoms with E-state index < -0.39 is 0 Å². The first-order chi connectivity index (χ1) is 11.1. The number of carbonyl (C=O) groups excluding carboxylic acids is 1. The summed E-state index contributed by atoms with van der Waals surface area (Å²) in [5.74, 6) is -0.225. The van der Waals surface area contributed by atoms with Crippen LogP contribution in [0, 0.1) is 0 Å². The predicted molar refractivity (Wildman–Crippen MR) is 88.8 cm³/mol. The third-order valence-corrected chi connectivity index (χ3v) is 4.44. The Bertz CT molecular complexity index is 660. The molecule has 0 unspecified atom stereocenters. The van der Waals surface area contributed by atoms with Gasteiger partial charge in [-0.25, -0.2) is 4.98 Å². The third-order valence-electron chi connectivity index (χ3n) is 3.63. The number of morpholine rings is 1. The molecule has 0 bridgehead atoms. The van der Waals surface area contributed by atoms with Crippen molar-refractivity contribution in [1.82, 2.24) is 19.7 Å². The summed E-state index contributed by atoms with van der Waals surface area (Å²) in [7, 11) is 0. The molecule has 2 aromatic rings. The maximum Gasteiger partial charge on any atom is 0.277 e. The molecular formula is C15H21N5O2S. The molecule has 3 rings (SSSR count). The highest BCUT2D eigenvalue weighted by Gasteiger charge is 2.15. The van der Waals surface area contributed by atoms with Crippen LogP contribution in [-0.4, -0.2) is 51.9 Å². The summed E-state index contributed by atoms with van der Waals surface area (Å²) in [6.07, 6.45) is 1.81. The zero-order valence-electron chi connectivity index (χ0n) is 13.4. The molecule has 0 aromatic carbocycles. The van der Waals surface area contributed by atoms with Crippen molar-refractivity contribution >= 4 is 22.4 Å². The van der Waals surface area contributed by atoms with Gasteiger partial charge in [-0.3, -0.25) is 19.7 Å². The molecule has 1 aliphatic heterocycles. The van der Waals surface area contributed by atoms with Crippen LogP contribution in [0.15, 0.2) is 17.6 Å². The quantitative estimate of drug-likeness (QED) is 0.905. The summed E-state index contributed by atoms with van der Waals surface area (Å²) in [4.78, 5) is 19.0. The van der Waals surface area contributed by atoms with Crippen LogP contribution in [0.5, 0.6) is 0 Å². The van der Waals surface area contributed by atoms with E-state index >= 15 is 0 Å². The Morgan fingerprint density at radius 3 is 2.91 bits per heavy atom. The van der Waals surface area contributed by atoms with E-state index in [1.54, 1.807) is 10.7 Å². The maximum absolute atomic E-state index is 12.2. The van der Waals surface area contributed by atoms with Gasteiger partial charge in [0, 0.05) is 37.3 Å². The van der Waals surface area contributed by atoms with Gasteiger partial charge < -0.3 is 4.74 Å². The van der Waals surface area contributed by atoms with Gasteiger partial charge in [-0.05, 0) is 19.9 Å². The standard InChI is InChI=1S/C15H21N5O2S/c1-11(2)20-4-3-13(18-20)14(21)17-15-16-12(10-23-15)9-19-5-7-22-8-6-19/h3-4,10-11H,5-9H2,1-2H3,(H,16,17,21). The lowest BCUT2D eigenvalue weighted by Gasteiger charge is -2.25. The molecule has 1 aliphatic rings. The highest BCUT2D eigenvalue weighted by atomic mass is 32.1. The Labute approximate surface area is 139 Å². The topological polar surface area (TPSA) is 72.3 Å². The van der Waals surface area contributed by atoms with Crippen molar-refractivity contribution in [1.29, 1.82) is 0 Å². The van der Waals surface area contributed by atoms with Crippen LogP contribution in [0.2, 0.25) is 0 Å². The predicted octanol–water partition coefficient (Wildman–Crippen LogP) is 2.00. The van der Waals surface area contributed by atoms with Gasteiger partial charge in [0.1, 0.15) is 0 Å². The van der Waals surface area contributed by atoms with Crippen molar-refractivity contribution in [2.45, 2.75) is 26.4 Å². The van der Waals surface area contributed by atoms with Crippen molar-refractivity contribution < 1.29 is 9.53 Å². The van der Waals surface area contributed by atoms with Crippen LogP contribution in [0.4, 0.5) is 5.13 Å². The van der Waals surface area contributed by atoms with Crippen LogP contribution in [-0.2, 0) is 11.3 Å². The van der Waals surface area contributed by atoms with E-state index in [-0.39, 0.29) is 11.9 Å². The second-order valence-corrected chi connectivity index (χ2v) is 6.62. The highest BCUT2D eigenvalue weighted by molar-refractivity contribution is 7.13. The molecule has 7 nitrogen and oxygen atoms in total. The van der Waals surface area contributed by atoms with Gasteiger partial charge in [-0.1, -0.05) is 0 Å². The van der Waals surface area contributed by atoms with E-state index in [1.165, 1.54) is 11.3 Å². The Morgan fingerprint density at radius 1 is 1.43 bits per heavy atom. The Kier molecular flexibility index (Phi) is 5.04. The monoisotopic (exact) mass is 335 g/mol. The summed E-state index contributed by atoms with van der Waals surface area (Å²) < 4.78 is 7.10. The zero-order valence-corrected chi connectivity index (χ0v) is 14.2. The Morgan fingerprint density at radius 2 is 2.22 bits per heavy atom. The van der Waals surface area contributed by atoms with E-state index in [0.29, 0.717) is 10.8 Å². The molecule has 1 fully saturated rings. The average Bonchev–Trinajstić information content (AvgIpc) is 3.18. The molecule has 0 saturated carbocycles. The van der Waals surface area contributed by atoms with E-state index in [0.717, 1.165) is 38.5 Å². The minimum atomic E-state index is -0.225. The molecule has 0 aliphatic carbocycles. The molecule has 8 heteroatoms. The number of thiazole rings is 1. The van der Waals surface area contributed by atoms with Crippen LogP contribution < -0.4 is 5.32 Å². The molecule has 0 radical (unpaired) electrons. The molecule has 1 amide bonds. The molecule has 124 valence electrons. The second kappa shape index (κ2) is 7.20. The average molecular weight is 335 g/mol. The highest BCUT2D eigenvalue weighted by Crippen LogP contribution is 2.18. The number of nitrogens with one attached hydrogen (secondary N) is 1. The van der Waals surface area contributed by atoms with Gasteiger partial charge >= 0.3 is 0 Å². The largest absolute Gasteiger partial charge is 0.379 e. The van der Waals surface area contributed by atoms with E-state index in [1.807, 2.05) is 25.4 Å². The lowest BCUT2D eigenvalue weighted by molar-refractivity contribution is 0.0337. The number of carbonyl (C=O) groups is 1. The van der Waals surface area contributed by atoms with Crippen LogP contribution in [0.1, 0.15) is 36.1 Å². The molecule has 23 heavy (non-hydrogen) atoms. The van der Waals surface area contributed by atoms with E-state index in [9.17, 15) is 4.79 Å². The van der Waals surface area contributed by atoms with Crippen LogP contribution in [0.3, 0.4) is 0 Å². The summed E-state index contributed by atoms with van der Waals surface area (Å²) in [5, 5.41) is 9.68. The minimum absolute atomic E-state index is 0.225. The van der Waals surface area contributed by atoms with Crippen LogP contribution >= 0.6 is 11.3 Å². The normalized spacial score (nSPS) is 16.0. The summed E-state index contributed by atoms with van der Waals surface area (Å²) in [6.45, 7) is 8.22. The maximum atomic E-state index is 12.2. The fraction of sp³-hybridized carbons (Fsp3) is 0.533. The first kappa shape index (κ1) is 16.1. The van der Waals surface area contributed by atoms with Crippen molar-refractivity contribution in [3.8, 4) is 0 Å². The van der Waals surface area contributed by atoms with Crippen molar-refractivity contribution in [2.24, 2.45) is 0 Å². The van der Waals surface area contributed by atoms with E-state index in [4.69, 9.17) is 4.74 Å². The number of aromatic nitrogens is 3. The molecule has 0 atom stereocenters. The van der Waals surface area contributed by atoms with Gasteiger partial charge in [-0.15, -0.1) is 11.3 Å². The number of amides is 1.